The lowest BCUT2D eigenvalue weighted by Crippen LogP contribution is -2.16. The molecule has 2 heterocycles. The molecule has 2 aromatic carbocycles. The summed E-state index contributed by atoms with van der Waals surface area (Å²) in [5, 5.41) is 10.4. The van der Waals surface area contributed by atoms with E-state index in [4.69, 9.17) is 11.6 Å². The molecule has 0 bridgehead atoms. The fourth-order valence-electron chi connectivity index (χ4n) is 3.23. The highest BCUT2D eigenvalue weighted by molar-refractivity contribution is 7.18. The van der Waals surface area contributed by atoms with Gasteiger partial charge in [0.1, 0.15) is 11.6 Å². The summed E-state index contributed by atoms with van der Waals surface area (Å²) in [5.74, 6) is -0.742. The number of halogens is 2. The Morgan fingerprint density at radius 2 is 1.79 bits per heavy atom. The average molecular weight is 483 g/mol. The molecule has 0 aliphatic carbocycles. The summed E-state index contributed by atoms with van der Waals surface area (Å²) >= 11 is 7.11. The molecule has 0 unspecified atom stereocenters. The molecule has 4 rings (SSSR count). The third-order valence-corrected chi connectivity index (χ3v) is 6.41. The molecule has 0 aliphatic rings. The fraction of sp³-hybridized carbons (Fsp3) is 0.125. The van der Waals surface area contributed by atoms with Crippen LogP contribution < -0.4 is 10.6 Å². The number of carbonyl (C=O) groups is 2. The Balaban J connectivity index is 1.46. The monoisotopic (exact) mass is 482 g/mol. The molecule has 2 amide bonds. The third kappa shape index (κ3) is 5.30. The van der Waals surface area contributed by atoms with E-state index in [0.717, 1.165) is 23.0 Å². The number of benzene rings is 2. The summed E-state index contributed by atoms with van der Waals surface area (Å²) in [6.07, 6.45) is 1.63. The van der Waals surface area contributed by atoms with Crippen LogP contribution in [0, 0.1) is 19.7 Å². The Kier molecular flexibility index (Phi) is 6.57. The number of aromatic nitrogens is 2. The first kappa shape index (κ1) is 22.7. The quantitative estimate of drug-likeness (QED) is 0.359. The largest absolute Gasteiger partial charge is 0.313 e. The lowest BCUT2D eigenvalue weighted by molar-refractivity contribution is 0.101. The van der Waals surface area contributed by atoms with Crippen molar-refractivity contribution < 1.29 is 14.0 Å². The number of hydrogen-bond donors (Lipinski definition) is 2. The second-order valence-electron chi connectivity index (χ2n) is 7.51. The Labute approximate surface area is 199 Å². The van der Waals surface area contributed by atoms with Gasteiger partial charge in [-0.1, -0.05) is 41.4 Å². The Bertz CT molecular complexity index is 1330. The fourth-order valence-corrected chi connectivity index (χ4v) is 4.44. The number of nitrogens with one attached hydrogen (secondary N) is 2. The van der Waals surface area contributed by atoms with Gasteiger partial charge in [0.25, 0.3) is 11.8 Å². The molecular formula is C24H20ClFN4O2S. The number of aryl methyl sites for hydroxylation is 2. The first-order valence-electron chi connectivity index (χ1n) is 10.1. The number of thiophene rings is 1. The van der Waals surface area contributed by atoms with E-state index in [1.54, 1.807) is 29.9 Å². The van der Waals surface area contributed by atoms with Gasteiger partial charge in [-0.2, -0.15) is 5.10 Å². The molecule has 6 nitrogen and oxygen atoms in total. The van der Waals surface area contributed by atoms with Gasteiger partial charge >= 0.3 is 0 Å². The Morgan fingerprint density at radius 1 is 1.03 bits per heavy atom. The van der Waals surface area contributed by atoms with Gasteiger partial charge in [0.2, 0.25) is 0 Å². The first-order chi connectivity index (χ1) is 15.8. The molecule has 0 fully saturated rings. The summed E-state index contributed by atoms with van der Waals surface area (Å²) in [7, 11) is 0. The first-order valence-corrected chi connectivity index (χ1v) is 11.2. The molecule has 0 aliphatic heterocycles. The van der Waals surface area contributed by atoms with Crippen LogP contribution in [0.1, 0.15) is 36.7 Å². The molecule has 0 saturated heterocycles. The predicted molar refractivity (Wildman–Crippen MR) is 129 cm³/mol. The zero-order valence-corrected chi connectivity index (χ0v) is 19.4. The summed E-state index contributed by atoms with van der Waals surface area (Å²) < 4.78 is 15.0. The highest BCUT2D eigenvalue weighted by Crippen LogP contribution is 2.29. The number of nitrogens with zero attached hydrogens (tertiary/aromatic N) is 2. The van der Waals surface area contributed by atoms with Crippen LogP contribution in [0.4, 0.5) is 15.2 Å². The molecule has 33 heavy (non-hydrogen) atoms. The molecule has 4 aromatic rings. The summed E-state index contributed by atoms with van der Waals surface area (Å²) in [6.45, 7) is 4.33. The van der Waals surface area contributed by atoms with Crippen molar-refractivity contribution in [3.05, 3.63) is 98.8 Å². The number of rotatable bonds is 6. The maximum absolute atomic E-state index is 13.2. The van der Waals surface area contributed by atoms with Crippen LogP contribution in [-0.2, 0) is 6.54 Å². The van der Waals surface area contributed by atoms with E-state index in [9.17, 15) is 14.0 Å². The van der Waals surface area contributed by atoms with Crippen LogP contribution in [0.3, 0.4) is 0 Å². The van der Waals surface area contributed by atoms with Gasteiger partial charge < -0.3 is 10.6 Å². The van der Waals surface area contributed by atoms with Gasteiger partial charge in [0.05, 0.1) is 33.2 Å². The molecule has 168 valence electrons. The molecule has 0 saturated carbocycles. The molecule has 2 N–H and O–H groups in total. The Hall–Kier alpha value is -3.49. The van der Waals surface area contributed by atoms with E-state index in [1.165, 1.54) is 17.7 Å². The maximum atomic E-state index is 13.2. The second-order valence-corrected chi connectivity index (χ2v) is 8.97. The molecule has 0 atom stereocenters. The van der Waals surface area contributed by atoms with E-state index in [2.05, 4.69) is 15.7 Å². The average Bonchev–Trinajstić information content (AvgIpc) is 3.35. The normalized spacial score (nSPS) is 10.8. The van der Waals surface area contributed by atoms with Crippen LogP contribution in [0.2, 0.25) is 5.02 Å². The van der Waals surface area contributed by atoms with E-state index in [-0.39, 0.29) is 16.5 Å². The SMILES string of the molecule is Cc1ccc(Cn2nccc2NC(=O)c2sc(NC(=O)c3ccc(F)cc3Cl)cc2C)cc1. The van der Waals surface area contributed by atoms with Crippen LogP contribution in [-0.4, -0.2) is 21.6 Å². The Morgan fingerprint density at radius 3 is 2.52 bits per heavy atom. The van der Waals surface area contributed by atoms with Crippen molar-refractivity contribution >= 4 is 45.6 Å². The summed E-state index contributed by atoms with van der Waals surface area (Å²) in [6, 6.07) is 15.1. The predicted octanol–water partition coefficient (Wildman–Crippen LogP) is 5.91. The minimum atomic E-state index is -0.524. The highest BCUT2D eigenvalue weighted by Gasteiger charge is 2.18. The second kappa shape index (κ2) is 9.56. The van der Waals surface area contributed by atoms with Gasteiger partial charge in [-0.15, -0.1) is 11.3 Å². The zero-order valence-electron chi connectivity index (χ0n) is 17.9. The van der Waals surface area contributed by atoms with E-state index < -0.39 is 11.7 Å². The topological polar surface area (TPSA) is 76.0 Å². The van der Waals surface area contributed by atoms with E-state index >= 15 is 0 Å². The van der Waals surface area contributed by atoms with Gasteiger partial charge in [-0.25, -0.2) is 9.07 Å². The van der Waals surface area contributed by atoms with Gasteiger partial charge in [-0.3, -0.25) is 9.59 Å². The summed E-state index contributed by atoms with van der Waals surface area (Å²) in [5.41, 5.74) is 3.10. The van der Waals surface area contributed by atoms with Crippen molar-refractivity contribution in [2.75, 3.05) is 10.6 Å². The van der Waals surface area contributed by atoms with Crippen LogP contribution in [0.5, 0.6) is 0 Å². The van der Waals surface area contributed by atoms with Crippen LogP contribution in [0.15, 0.2) is 60.8 Å². The van der Waals surface area contributed by atoms with Crippen molar-refractivity contribution in [3.63, 3.8) is 0 Å². The minimum Gasteiger partial charge on any atom is -0.313 e. The van der Waals surface area contributed by atoms with Crippen molar-refractivity contribution in [2.45, 2.75) is 20.4 Å². The molecule has 2 aromatic heterocycles. The van der Waals surface area contributed by atoms with Gasteiger partial charge in [0.15, 0.2) is 0 Å². The minimum absolute atomic E-state index is 0.0144. The highest BCUT2D eigenvalue weighted by atomic mass is 35.5. The maximum Gasteiger partial charge on any atom is 0.267 e. The lowest BCUT2D eigenvalue weighted by atomic mass is 10.1. The van der Waals surface area contributed by atoms with E-state index in [1.807, 2.05) is 31.2 Å². The van der Waals surface area contributed by atoms with Crippen molar-refractivity contribution in [2.24, 2.45) is 0 Å². The van der Waals surface area contributed by atoms with Crippen molar-refractivity contribution in [1.82, 2.24) is 9.78 Å². The van der Waals surface area contributed by atoms with Crippen LogP contribution in [0.25, 0.3) is 0 Å². The third-order valence-electron chi connectivity index (χ3n) is 4.95. The summed E-state index contributed by atoms with van der Waals surface area (Å²) in [4.78, 5) is 25.9. The standard InChI is InChI=1S/C24H20ClFN4O2S/c1-14-3-5-16(6-4-14)13-30-20(9-10-27-30)28-24(32)22-15(2)11-21(33-22)29-23(31)18-8-7-17(26)12-19(18)25/h3-12H,13H2,1-2H3,(H,28,32)(H,29,31). The number of anilines is 2. The molecule has 9 heteroatoms. The molecule has 0 spiro atoms. The number of carbonyl (C=O) groups excluding carboxylic acids is 2. The van der Waals surface area contributed by atoms with Crippen LogP contribution >= 0.6 is 22.9 Å². The van der Waals surface area contributed by atoms with Crippen molar-refractivity contribution in [1.29, 1.82) is 0 Å². The zero-order chi connectivity index (χ0) is 23.5. The smallest absolute Gasteiger partial charge is 0.267 e. The van der Waals surface area contributed by atoms with Gasteiger partial charge in [-0.05, 0) is 49.2 Å². The van der Waals surface area contributed by atoms with E-state index in [0.29, 0.717) is 27.8 Å². The number of hydrogen-bond acceptors (Lipinski definition) is 4. The lowest BCUT2D eigenvalue weighted by Gasteiger charge is -2.09. The van der Waals surface area contributed by atoms with Gasteiger partial charge in [0, 0.05) is 6.07 Å². The molecular weight excluding hydrogens is 463 g/mol. The number of amides is 2. The molecule has 0 radical (unpaired) electrons. The van der Waals surface area contributed by atoms with Crippen molar-refractivity contribution in [3.8, 4) is 0 Å².